The summed E-state index contributed by atoms with van der Waals surface area (Å²) in [5, 5.41) is 12.9. The molecule has 3 unspecified atom stereocenters. The monoisotopic (exact) mass is 273 g/mol. The molecule has 106 valence electrons. The molecule has 2 heterocycles. The van der Waals surface area contributed by atoms with Crippen LogP contribution in [0.3, 0.4) is 0 Å². The highest BCUT2D eigenvalue weighted by Crippen LogP contribution is 2.37. The highest BCUT2D eigenvalue weighted by Gasteiger charge is 2.39. The summed E-state index contributed by atoms with van der Waals surface area (Å²) in [6.45, 7) is 5.44. The minimum absolute atomic E-state index is 0.156. The van der Waals surface area contributed by atoms with Crippen LogP contribution in [0.2, 0.25) is 0 Å². The number of rotatable bonds is 4. The number of ether oxygens (including phenoxy) is 1. The molecule has 0 aromatic rings. The van der Waals surface area contributed by atoms with Crippen LogP contribution in [-0.4, -0.2) is 47.5 Å². The van der Waals surface area contributed by atoms with Crippen molar-refractivity contribution >= 4 is 11.8 Å². The Hall–Kier alpha value is 0.230. The van der Waals surface area contributed by atoms with Crippen LogP contribution in [0.5, 0.6) is 0 Å². The first kappa shape index (κ1) is 14.6. The van der Waals surface area contributed by atoms with E-state index in [4.69, 9.17) is 4.74 Å². The van der Waals surface area contributed by atoms with Crippen molar-refractivity contribution in [2.75, 3.05) is 24.7 Å². The molecule has 3 nitrogen and oxygen atoms in total. The molecule has 2 N–H and O–H groups in total. The minimum Gasteiger partial charge on any atom is -0.396 e. The van der Waals surface area contributed by atoms with Crippen LogP contribution in [-0.2, 0) is 4.74 Å². The molecule has 18 heavy (non-hydrogen) atoms. The summed E-state index contributed by atoms with van der Waals surface area (Å²) in [7, 11) is 0. The van der Waals surface area contributed by atoms with Crippen LogP contribution >= 0.6 is 11.8 Å². The molecule has 0 radical (unpaired) electrons. The number of nitrogens with one attached hydrogen (secondary N) is 1. The number of thioether (sulfide) groups is 1. The minimum atomic E-state index is 0.156. The molecule has 2 saturated heterocycles. The smallest absolute Gasteiger partial charge is 0.0713 e. The van der Waals surface area contributed by atoms with Gasteiger partial charge in [0.1, 0.15) is 0 Å². The van der Waals surface area contributed by atoms with Gasteiger partial charge in [0.05, 0.1) is 5.60 Å². The lowest BCUT2D eigenvalue weighted by molar-refractivity contribution is -0.0947. The Morgan fingerprint density at radius 3 is 2.78 bits per heavy atom. The molecular weight excluding hydrogens is 246 g/mol. The molecule has 2 rings (SSSR count). The van der Waals surface area contributed by atoms with Crippen molar-refractivity contribution in [3.05, 3.63) is 0 Å². The second-order valence-electron chi connectivity index (χ2n) is 5.95. The quantitative estimate of drug-likeness (QED) is 0.822. The van der Waals surface area contributed by atoms with Gasteiger partial charge in [0.25, 0.3) is 0 Å². The maximum Gasteiger partial charge on any atom is 0.0713 e. The van der Waals surface area contributed by atoms with Crippen molar-refractivity contribution in [2.45, 2.75) is 57.2 Å². The average molecular weight is 273 g/mol. The summed E-state index contributed by atoms with van der Waals surface area (Å²) >= 11 is 2.05. The third-order valence-corrected chi connectivity index (χ3v) is 5.52. The van der Waals surface area contributed by atoms with E-state index in [0.717, 1.165) is 19.4 Å². The molecule has 0 aromatic carbocycles. The van der Waals surface area contributed by atoms with E-state index in [1.54, 1.807) is 0 Å². The number of hydrogen-bond donors (Lipinski definition) is 2. The Labute approximate surface area is 115 Å². The lowest BCUT2D eigenvalue weighted by Crippen LogP contribution is -2.51. The summed E-state index contributed by atoms with van der Waals surface area (Å²) in [5.74, 6) is 2.82. The first-order chi connectivity index (χ1) is 8.65. The van der Waals surface area contributed by atoms with Gasteiger partial charge in [0, 0.05) is 25.3 Å². The maximum atomic E-state index is 9.21. The molecule has 0 amide bonds. The number of aliphatic hydroxyl groups is 1. The Kier molecular flexibility index (Phi) is 5.36. The Balaban J connectivity index is 1.86. The van der Waals surface area contributed by atoms with E-state index >= 15 is 0 Å². The second-order valence-corrected chi connectivity index (χ2v) is 7.17. The van der Waals surface area contributed by atoms with Gasteiger partial charge in [-0.05, 0) is 50.0 Å². The largest absolute Gasteiger partial charge is 0.396 e. The van der Waals surface area contributed by atoms with Crippen molar-refractivity contribution in [1.82, 2.24) is 5.32 Å². The van der Waals surface area contributed by atoms with Crippen molar-refractivity contribution in [2.24, 2.45) is 5.92 Å². The molecule has 0 aromatic heterocycles. The molecule has 4 heteroatoms. The topological polar surface area (TPSA) is 41.5 Å². The fraction of sp³-hybridized carbons (Fsp3) is 1.00. The Morgan fingerprint density at radius 1 is 1.39 bits per heavy atom. The van der Waals surface area contributed by atoms with Crippen LogP contribution in [0.1, 0.15) is 39.5 Å². The summed E-state index contributed by atoms with van der Waals surface area (Å²) < 4.78 is 6.10. The SMILES string of the molecule is CC(CO)C(C)NC1CCOC2(CCSCC2)C1. The van der Waals surface area contributed by atoms with Crippen LogP contribution in [0.25, 0.3) is 0 Å². The van der Waals surface area contributed by atoms with Gasteiger partial charge in [-0.25, -0.2) is 0 Å². The van der Waals surface area contributed by atoms with Crippen molar-refractivity contribution in [1.29, 1.82) is 0 Å². The molecule has 0 bridgehead atoms. The normalized spacial score (nSPS) is 31.2. The number of aliphatic hydroxyl groups excluding tert-OH is 1. The molecular formula is C14H27NO2S. The van der Waals surface area contributed by atoms with Crippen molar-refractivity contribution < 1.29 is 9.84 Å². The highest BCUT2D eigenvalue weighted by atomic mass is 32.2. The summed E-state index contributed by atoms with van der Waals surface area (Å²) in [6.07, 6.45) is 4.67. The van der Waals surface area contributed by atoms with Gasteiger partial charge >= 0.3 is 0 Å². The van der Waals surface area contributed by atoms with Crippen LogP contribution < -0.4 is 5.32 Å². The van der Waals surface area contributed by atoms with E-state index in [1.165, 1.54) is 24.3 Å². The van der Waals surface area contributed by atoms with Gasteiger partial charge in [0.15, 0.2) is 0 Å². The maximum absolute atomic E-state index is 9.21. The summed E-state index contributed by atoms with van der Waals surface area (Å²) in [6, 6.07) is 0.943. The van der Waals surface area contributed by atoms with E-state index in [-0.39, 0.29) is 12.2 Å². The lowest BCUT2D eigenvalue weighted by Gasteiger charge is -2.44. The predicted molar refractivity (Wildman–Crippen MR) is 77.1 cm³/mol. The van der Waals surface area contributed by atoms with Gasteiger partial charge < -0.3 is 15.2 Å². The van der Waals surface area contributed by atoms with Gasteiger partial charge in [-0.1, -0.05) is 6.92 Å². The first-order valence-electron chi connectivity index (χ1n) is 7.24. The van der Waals surface area contributed by atoms with Gasteiger partial charge in [-0.2, -0.15) is 11.8 Å². The van der Waals surface area contributed by atoms with Gasteiger partial charge in [-0.15, -0.1) is 0 Å². The Morgan fingerprint density at radius 2 is 2.11 bits per heavy atom. The van der Waals surface area contributed by atoms with E-state index < -0.39 is 0 Å². The van der Waals surface area contributed by atoms with Crippen LogP contribution in [0, 0.1) is 5.92 Å². The summed E-state index contributed by atoms with van der Waals surface area (Å²) in [5.41, 5.74) is 0.156. The molecule has 2 fully saturated rings. The van der Waals surface area contributed by atoms with E-state index in [9.17, 15) is 5.11 Å². The predicted octanol–water partition coefficient (Wildman–Crippen LogP) is 2.04. The van der Waals surface area contributed by atoms with Crippen LogP contribution in [0.15, 0.2) is 0 Å². The number of hydrogen-bond acceptors (Lipinski definition) is 4. The fourth-order valence-corrected chi connectivity index (χ4v) is 4.19. The van der Waals surface area contributed by atoms with E-state index in [2.05, 4.69) is 30.9 Å². The van der Waals surface area contributed by atoms with E-state index in [1.807, 2.05) is 0 Å². The van der Waals surface area contributed by atoms with Gasteiger partial charge in [-0.3, -0.25) is 0 Å². The summed E-state index contributed by atoms with van der Waals surface area (Å²) in [4.78, 5) is 0. The molecule has 3 atom stereocenters. The van der Waals surface area contributed by atoms with Crippen LogP contribution in [0.4, 0.5) is 0 Å². The third-order valence-electron chi connectivity index (χ3n) is 4.54. The molecule has 0 saturated carbocycles. The Bertz CT molecular complexity index is 251. The van der Waals surface area contributed by atoms with Crippen molar-refractivity contribution in [3.63, 3.8) is 0 Å². The third kappa shape index (κ3) is 3.62. The fourth-order valence-electron chi connectivity index (χ4n) is 2.96. The molecule has 1 spiro atoms. The molecule has 2 aliphatic rings. The highest BCUT2D eigenvalue weighted by molar-refractivity contribution is 7.99. The molecule has 0 aliphatic carbocycles. The van der Waals surface area contributed by atoms with E-state index in [0.29, 0.717) is 18.0 Å². The second kappa shape index (κ2) is 6.60. The zero-order chi connectivity index (χ0) is 13.0. The first-order valence-corrected chi connectivity index (χ1v) is 8.39. The van der Waals surface area contributed by atoms with Crippen molar-refractivity contribution in [3.8, 4) is 0 Å². The average Bonchev–Trinajstić information content (AvgIpc) is 2.38. The molecule has 2 aliphatic heterocycles. The van der Waals surface area contributed by atoms with Gasteiger partial charge in [0.2, 0.25) is 0 Å². The zero-order valence-corrected chi connectivity index (χ0v) is 12.5. The zero-order valence-electron chi connectivity index (χ0n) is 11.7. The standard InChI is InChI=1S/C14H27NO2S/c1-11(10-16)12(2)15-13-3-6-17-14(9-13)4-7-18-8-5-14/h11-13,15-16H,3-10H2,1-2H3. The lowest BCUT2D eigenvalue weighted by atomic mass is 9.85.